The van der Waals surface area contributed by atoms with Crippen molar-refractivity contribution in [1.82, 2.24) is 9.55 Å². The zero-order valence-electron chi connectivity index (χ0n) is 18.1. The number of nitrogens with one attached hydrogen (secondary N) is 1. The molecule has 1 saturated heterocycles. The first kappa shape index (κ1) is 23.1. The SMILES string of the molecule is C#C[C@]1(COC(C)=O)O[C@H](n2cc(C)c(=O)[nH]c2=O)C[C@H]1O[Si](C)(C)C(C)(C)C. The third-order valence-corrected chi connectivity index (χ3v) is 10.2. The van der Waals surface area contributed by atoms with E-state index in [1.54, 1.807) is 6.92 Å². The third kappa shape index (κ3) is 4.71. The largest absolute Gasteiger partial charge is 0.462 e. The second-order valence-electron chi connectivity index (χ2n) is 8.97. The number of terminal acetylenes is 1. The average molecular weight is 423 g/mol. The van der Waals surface area contributed by atoms with Crippen molar-refractivity contribution in [2.45, 2.75) is 77.1 Å². The quantitative estimate of drug-likeness (QED) is 0.443. The maximum Gasteiger partial charge on any atom is 0.330 e. The first-order valence-electron chi connectivity index (χ1n) is 9.51. The number of H-pyrrole nitrogens is 1. The lowest BCUT2D eigenvalue weighted by atomic mass is 9.99. The Labute approximate surface area is 171 Å². The van der Waals surface area contributed by atoms with E-state index in [-0.39, 0.29) is 18.1 Å². The van der Waals surface area contributed by atoms with Crippen LogP contribution in [0, 0.1) is 19.3 Å². The van der Waals surface area contributed by atoms with Crippen molar-refractivity contribution < 1.29 is 18.7 Å². The minimum atomic E-state index is -2.26. The number of esters is 1. The summed E-state index contributed by atoms with van der Waals surface area (Å²) in [4.78, 5) is 37.8. The highest BCUT2D eigenvalue weighted by molar-refractivity contribution is 6.74. The van der Waals surface area contributed by atoms with Crippen molar-refractivity contribution in [2.75, 3.05) is 6.61 Å². The van der Waals surface area contributed by atoms with Crippen molar-refractivity contribution in [1.29, 1.82) is 0 Å². The molecule has 2 rings (SSSR count). The smallest absolute Gasteiger partial charge is 0.330 e. The summed E-state index contributed by atoms with van der Waals surface area (Å²) in [5.41, 5.74) is -2.03. The van der Waals surface area contributed by atoms with Gasteiger partial charge in [0.25, 0.3) is 5.56 Å². The van der Waals surface area contributed by atoms with E-state index in [9.17, 15) is 14.4 Å². The molecule has 1 aromatic heterocycles. The maximum absolute atomic E-state index is 12.4. The van der Waals surface area contributed by atoms with Crippen LogP contribution in [0.5, 0.6) is 0 Å². The summed E-state index contributed by atoms with van der Waals surface area (Å²) in [6.07, 6.45) is 6.20. The highest BCUT2D eigenvalue weighted by Gasteiger charge is 2.53. The molecular formula is C20H30N2O6Si. The first-order chi connectivity index (χ1) is 13.2. The van der Waals surface area contributed by atoms with Crippen LogP contribution in [-0.2, 0) is 18.7 Å². The van der Waals surface area contributed by atoms with Gasteiger partial charge in [0.15, 0.2) is 13.9 Å². The van der Waals surface area contributed by atoms with Gasteiger partial charge in [0.2, 0.25) is 0 Å². The van der Waals surface area contributed by atoms with Crippen molar-refractivity contribution in [3.63, 3.8) is 0 Å². The van der Waals surface area contributed by atoms with Crippen molar-refractivity contribution in [3.8, 4) is 12.3 Å². The fourth-order valence-corrected chi connectivity index (χ4v) is 4.24. The summed E-state index contributed by atoms with van der Waals surface area (Å²) < 4.78 is 19.1. The van der Waals surface area contributed by atoms with Gasteiger partial charge < -0.3 is 13.9 Å². The Morgan fingerprint density at radius 3 is 2.59 bits per heavy atom. The van der Waals surface area contributed by atoms with Gasteiger partial charge in [-0.05, 0) is 25.1 Å². The summed E-state index contributed by atoms with van der Waals surface area (Å²) in [6.45, 7) is 13.2. The Morgan fingerprint density at radius 2 is 2.07 bits per heavy atom. The van der Waals surface area contributed by atoms with Gasteiger partial charge in [-0.25, -0.2) is 4.79 Å². The van der Waals surface area contributed by atoms with E-state index >= 15 is 0 Å². The summed E-state index contributed by atoms with van der Waals surface area (Å²) in [5.74, 6) is 2.12. The van der Waals surface area contributed by atoms with E-state index in [4.69, 9.17) is 20.3 Å². The van der Waals surface area contributed by atoms with Gasteiger partial charge in [0, 0.05) is 25.1 Å². The molecule has 0 aliphatic carbocycles. The van der Waals surface area contributed by atoms with E-state index in [1.165, 1.54) is 17.7 Å². The minimum Gasteiger partial charge on any atom is -0.462 e. The normalized spacial score (nSPS) is 24.9. The fraction of sp³-hybridized carbons (Fsp3) is 0.650. The molecular weight excluding hydrogens is 392 g/mol. The molecule has 0 spiro atoms. The standard InChI is InChI=1S/C20H30N2O6Si/c1-9-20(12-26-14(3)23)15(28-29(7,8)19(4,5)6)10-16(27-20)22-11-13(2)17(24)21-18(22)25/h1,11,15-16H,10,12H2,2-8H3,(H,21,24,25)/t15-,16+,20-/m1/s1. The lowest BCUT2D eigenvalue weighted by molar-refractivity contribution is -0.153. The average Bonchev–Trinajstić information content (AvgIpc) is 2.93. The van der Waals surface area contributed by atoms with Gasteiger partial charge in [-0.3, -0.25) is 19.1 Å². The second kappa shape index (κ2) is 7.93. The molecule has 0 amide bonds. The first-order valence-corrected chi connectivity index (χ1v) is 12.4. The lowest BCUT2D eigenvalue weighted by Crippen LogP contribution is -2.52. The van der Waals surface area contributed by atoms with Crippen LogP contribution in [0.2, 0.25) is 18.1 Å². The molecule has 29 heavy (non-hydrogen) atoms. The van der Waals surface area contributed by atoms with Gasteiger partial charge >= 0.3 is 11.7 Å². The van der Waals surface area contributed by atoms with Crippen molar-refractivity contribution in [3.05, 3.63) is 32.6 Å². The summed E-state index contributed by atoms with van der Waals surface area (Å²) >= 11 is 0. The minimum absolute atomic E-state index is 0.0851. The molecule has 1 aliphatic heterocycles. The van der Waals surface area contributed by atoms with Crippen molar-refractivity contribution in [2.24, 2.45) is 0 Å². The number of rotatable bonds is 5. The molecule has 0 saturated carbocycles. The molecule has 1 aliphatic rings. The number of carbonyl (C=O) groups is 1. The lowest BCUT2D eigenvalue weighted by Gasteiger charge is -2.41. The van der Waals surface area contributed by atoms with E-state index in [0.717, 1.165) is 0 Å². The van der Waals surface area contributed by atoms with Crippen LogP contribution in [-0.4, -0.2) is 42.1 Å². The van der Waals surface area contributed by atoms with Crippen LogP contribution >= 0.6 is 0 Å². The predicted molar refractivity (Wildman–Crippen MR) is 111 cm³/mol. The Hall–Kier alpha value is -2.15. The summed E-state index contributed by atoms with van der Waals surface area (Å²) in [5, 5.41) is -0.0851. The van der Waals surface area contributed by atoms with Crippen LogP contribution in [0.3, 0.4) is 0 Å². The number of aromatic amines is 1. The van der Waals surface area contributed by atoms with E-state index in [1.807, 2.05) is 0 Å². The molecule has 0 aromatic carbocycles. The van der Waals surface area contributed by atoms with Gasteiger partial charge in [-0.1, -0.05) is 26.7 Å². The van der Waals surface area contributed by atoms with Gasteiger partial charge in [-0.15, -0.1) is 6.42 Å². The summed E-state index contributed by atoms with van der Waals surface area (Å²) in [7, 11) is -2.26. The molecule has 3 atom stereocenters. The number of aryl methyl sites for hydroxylation is 1. The molecule has 2 heterocycles. The predicted octanol–water partition coefficient (Wildman–Crippen LogP) is 2.09. The zero-order valence-corrected chi connectivity index (χ0v) is 19.1. The van der Waals surface area contributed by atoms with Gasteiger partial charge in [0.1, 0.15) is 12.8 Å². The van der Waals surface area contributed by atoms with E-state index in [0.29, 0.717) is 5.56 Å². The van der Waals surface area contributed by atoms with Crippen LogP contribution in [0.1, 0.15) is 45.9 Å². The number of nitrogens with zero attached hydrogens (tertiary/aromatic N) is 1. The second-order valence-corrected chi connectivity index (χ2v) is 13.7. The monoisotopic (exact) mass is 422 g/mol. The Bertz CT molecular complexity index is 936. The molecule has 0 bridgehead atoms. The molecule has 1 fully saturated rings. The van der Waals surface area contributed by atoms with Gasteiger partial charge in [-0.2, -0.15) is 0 Å². The maximum atomic E-state index is 12.4. The molecule has 0 unspecified atom stereocenters. The van der Waals surface area contributed by atoms with Crippen LogP contribution in [0.15, 0.2) is 15.8 Å². The van der Waals surface area contributed by atoms with Crippen LogP contribution in [0.25, 0.3) is 0 Å². The van der Waals surface area contributed by atoms with Crippen molar-refractivity contribution >= 4 is 14.3 Å². The molecule has 8 nitrogen and oxygen atoms in total. The molecule has 160 valence electrons. The number of aromatic nitrogens is 2. The number of hydrogen-bond donors (Lipinski definition) is 1. The van der Waals surface area contributed by atoms with Crippen LogP contribution in [0.4, 0.5) is 0 Å². The summed E-state index contributed by atoms with van der Waals surface area (Å²) in [6, 6.07) is 0. The Morgan fingerprint density at radius 1 is 1.45 bits per heavy atom. The van der Waals surface area contributed by atoms with Crippen LogP contribution < -0.4 is 11.2 Å². The van der Waals surface area contributed by atoms with Gasteiger partial charge in [0.05, 0.1) is 6.10 Å². The highest BCUT2D eigenvalue weighted by Crippen LogP contribution is 2.44. The van der Waals surface area contributed by atoms with E-state index < -0.39 is 43.5 Å². The number of hydrogen-bond acceptors (Lipinski definition) is 6. The topological polar surface area (TPSA) is 99.6 Å². The van der Waals surface area contributed by atoms with E-state index in [2.05, 4.69) is 44.8 Å². The Balaban J connectivity index is 2.47. The highest BCUT2D eigenvalue weighted by atomic mass is 28.4. The number of carbonyl (C=O) groups excluding carboxylic acids is 1. The molecule has 1 N–H and O–H groups in total. The molecule has 0 radical (unpaired) electrons. The fourth-order valence-electron chi connectivity index (χ4n) is 2.89. The molecule has 9 heteroatoms. The number of ether oxygens (including phenoxy) is 2. The molecule has 1 aromatic rings. The third-order valence-electron chi connectivity index (χ3n) is 5.72. The zero-order chi connectivity index (χ0) is 22.2. The Kier molecular flexibility index (Phi) is 6.33.